The number of hydrogen-bond acceptors (Lipinski definition) is 5. The minimum atomic E-state index is -0.207. The number of aromatic amines is 1. The molecule has 3 N–H and O–H groups in total. The number of nitrogens with one attached hydrogen (secondary N) is 1. The van der Waals surface area contributed by atoms with Crippen LogP contribution in [0.15, 0.2) is 56.0 Å². The fourth-order valence-corrected chi connectivity index (χ4v) is 2.67. The molecule has 5 nitrogen and oxygen atoms in total. The van der Waals surface area contributed by atoms with Gasteiger partial charge in [-0.3, -0.25) is 4.79 Å². The van der Waals surface area contributed by atoms with E-state index in [0.717, 1.165) is 9.50 Å². The van der Waals surface area contributed by atoms with E-state index in [2.05, 4.69) is 30.9 Å². The van der Waals surface area contributed by atoms with Crippen molar-refractivity contribution in [3.05, 3.63) is 51.4 Å². The number of aromatic nitrogens is 3. The summed E-state index contributed by atoms with van der Waals surface area (Å²) >= 11 is 4.62. The summed E-state index contributed by atoms with van der Waals surface area (Å²) < 4.78 is 0.900. The molecule has 0 spiro atoms. The van der Waals surface area contributed by atoms with Gasteiger partial charge in [-0.05, 0) is 58.0 Å². The molecule has 0 aliphatic carbocycles. The van der Waals surface area contributed by atoms with Gasteiger partial charge in [0.25, 0.3) is 5.56 Å². The van der Waals surface area contributed by atoms with Crippen LogP contribution in [-0.4, -0.2) is 15.0 Å². The van der Waals surface area contributed by atoms with Crippen molar-refractivity contribution in [1.29, 1.82) is 0 Å². The average Bonchev–Trinajstić information content (AvgIpc) is 2.42. The predicted octanol–water partition coefficient (Wildman–Crippen LogP) is 2.81. The van der Waals surface area contributed by atoms with Gasteiger partial charge in [-0.2, -0.15) is 0 Å². The van der Waals surface area contributed by atoms with Gasteiger partial charge in [0.05, 0.1) is 10.9 Å². The smallest absolute Gasteiger partial charge is 0.259 e. The number of pyridine rings is 1. The third-order valence-electron chi connectivity index (χ3n) is 2.61. The lowest BCUT2D eigenvalue weighted by Crippen LogP contribution is -2.09. The highest BCUT2D eigenvalue weighted by Crippen LogP contribution is 2.24. The van der Waals surface area contributed by atoms with Crippen molar-refractivity contribution in [2.24, 2.45) is 0 Å². The minimum absolute atomic E-state index is 0.207. The van der Waals surface area contributed by atoms with Crippen molar-refractivity contribution in [2.75, 3.05) is 5.73 Å². The Bertz CT molecular complexity index is 832. The van der Waals surface area contributed by atoms with Crippen LogP contribution in [0.3, 0.4) is 0 Å². The Morgan fingerprint density at radius 2 is 2.10 bits per heavy atom. The van der Waals surface area contributed by atoms with E-state index in [1.54, 1.807) is 24.4 Å². The van der Waals surface area contributed by atoms with Gasteiger partial charge < -0.3 is 10.7 Å². The number of nitrogens with zero attached hydrogens (tertiary/aromatic N) is 2. The summed E-state index contributed by atoms with van der Waals surface area (Å²) in [7, 11) is 0. The zero-order chi connectivity index (χ0) is 14.1. The highest BCUT2D eigenvalue weighted by atomic mass is 79.9. The summed E-state index contributed by atoms with van der Waals surface area (Å²) in [5.41, 5.74) is 6.62. The lowest BCUT2D eigenvalue weighted by Gasteiger charge is -2.03. The fraction of sp³-hybridized carbons (Fsp3) is 0. The van der Waals surface area contributed by atoms with Crippen molar-refractivity contribution in [1.82, 2.24) is 15.0 Å². The summed E-state index contributed by atoms with van der Waals surface area (Å²) in [6.07, 6.45) is 1.70. The van der Waals surface area contributed by atoms with E-state index < -0.39 is 0 Å². The highest BCUT2D eigenvalue weighted by molar-refractivity contribution is 9.10. The summed E-state index contributed by atoms with van der Waals surface area (Å²) in [5.74, 6) is 0. The van der Waals surface area contributed by atoms with E-state index in [-0.39, 0.29) is 5.56 Å². The van der Waals surface area contributed by atoms with Crippen LogP contribution in [0.4, 0.5) is 5.69 Å². The number of H-pyrrole nitrogens is 1. The molecule has 0 saturated carbocycles. The number of anilines is 1. The zero-order valence-electron chi connectivity index (χ0n) is 10.1. The van der Waals surface area contributed by atoms with Gasteiger partial charge in [-0.15, -0.1) is 0 Å². The topological polar surface area (TPSA) is 84.7 Å². The van der Waals surface area contributed by atoms with Gasteiger partial charge >= 0.3 is 0 Å². The first-order valence-electron chi connectivity index (χ1n) is 5.71. The average molecular weight is 349 g/mol. The lowest BCUT2D eigenvalue weighted by atomic mass is 10.2. The largest absolute Gasteiger partial charge is 0.399 e. The quantitative estimate of drug-likeness (QED) is 0.549. The van der Waals surface area contributed by atoms with E-state index in [1.165, 1.54) is 11.8 Å². The second-order valence-electron chi connectivity index (χ2n) is 4.06. The van der Waals surface area contributed by atoms with Crippen LogP contribution in [0.1, 0.15) is 0 Å². The molecular weight excluding hydrogens is 340 g/mol. The van der Waals surface area contributed by atoms with E-state index in [4.69, 9.17) is 5.73 Å². The van der Waals surface area contributed by atoms with E-state index >= 15 is 0 Å². The molecule has 0 unspecified atom stereocenters. The Hall–Kier alpha value is -1.86. The molecule has 1 aromatic carbocycles. The van der Waals surface area contributed by atoms with Crippen LogP contribution in [0, 0.1) is 0 Å². The van der Waals surface area contributed by atoms with Crippen LogP contribution in [0.25, 0.3) is 10.9 Å². The Kier molecular flexibility index (Phi) is 3.45. The van der Waals surface area contributed by atoms with Crippen LogP contribution in [0.5, 0.6) is 0 Å². The fourth-order valence-electron chi connectivity index (χ4n) is 1.70. The number of rotatable bonds is 2. The maximum absolute atomic E-state index is 12.0. The van der Waals surface area contributed by atoms with Crippen LogP contribution in [-0.2, 0) is 0 Å². The molecule has 0 aliphatic heterocycles. The third kappa shape index (κ3) is 2.68. The number of nitrogen functional groups attached to an aromatic ring is 1. The maximum Gasteiger partial charge on any atom is 0.259 e. The zero-order valence-corrected chi connectivity index (χ0v) is 12.5. The van der Waals surface area contributed by atoms with E-state index in [9.17, 15) is 4.79 Å². The molecule has 2 aromatic heterocycles. The molecule has 0 saturated heterocycles. The van der Waals surface area contributed by atoms with Gasteiger partial charge in [0.2, 0.25) is 0 Å². The van der Waals surface area contributed by atoms with Crippen LogP contribution >= 0.6 is 27.7 Å². The lowest BCUT2D eigenvalue weighted by molar-refractivity contribution is 0.967. The van der Waals surface area contributed by atoms with Gasteiger partial charge in [-0.1, -0.05) is 0 Å². The molecule has 7 heteroatoms. The Labute approximate surface area is 126 Å². The molecule has 0 atom stereocenters. The Morgan fingerprint density at radius 1 is 1.25 bits per heavy atom. The predicted molar refractivity (Wildman–Crippen MR) is 82.8 cm³/mol. The maximum atomic E-state index is 12.0. The number of nitrogens with two attached hydrogens (primary N) is 1. The first-order chi connectivity index (χ1) is 9.61. The highest BCUT2D eigenvalue weighted by Gasteiger charge is 2.06. The standard InChI is InChI=1S/C13H9BrN4OS/c14-7-1-4-11(16-6-7)20-13-17-10-3-2-8(15)5-9(10)12(19)18-13/h1-6H,15H2,(H,17,18,19). The molecule has 3 rings (SSSR count). The van der Waals surface area contributed by atoms with Gasteiger partial charge in [0, 0.05) is 16.4 Å². The molecule has 0 aliphatic rings. The summed E-state index contributed by atoms with van der Waals surface area (Å²) in [4.78, 5) is 23.4. The van der Waals surface area contributed by atoms with Crippen LogP contribution in [0.2, 0.25) is 0 Å². The molecular formula is C13H9BrN4OS. The summed E-state index contributed by atoms with van der Waals surface area (Å²) in [5, 5.41) is 1.74. The van der Waals surface area contributed by atoms with Crippen molar-refractivity contribution < 1.29 is 0 Å². The normalized spacial score (nSPS) is 10.8. The van der Waals surface area contributed by atoms with Gasteiger partial charge in [0.15, 0.2) is 5.16 Å². The SMILES string of the molecule is Nc1ccc2nc(Sc3ccc(Br)cn3)[nH]c(=O)c2c1. The molecule has 3 aromatic rings. The molecule has 0 radical (unpaired) electrons. The number of fused-ring (bicyclic) bond motifs is 1. The number of benzene rings is 1. The summed E-state index contributed by atoms with van der Waals surface area (Å²) in [6.45, 7) is 0. The van der Waals surface area contributed by atoms with Crippen molar-refractivity contribution in [2.45, 2.75) is 10.2 Å². The summed E-state index contributed by atoms with van der Waals surface area (Å²) in [6, 6.07) is 8.81. The monoisotopic (exact) mass is 348 g/mol. The number of hydrogen-bond donors (Lipinski definition) is 2. The molecule has 0 fully saturated rings. The minimum Gasteiger partial charge on any atom is -0.399 e. The molecule has 0 amide bonds. The van der Waals surface area contributed by atoms with E-state index in [0.29, 0.717) is 21.7 Å². The van der Waals surface area contributed by atoms with Gasteiger partial charge in [0.1, 0.15) is 5.03 Å². The Balaban J connectivity index is 2.02. The van der Waals surface area contributed by atoms with Crippen LogP contribution < -0.4 is 11.3 Å². The van der Waals surface area contributed by atoms with E-state index in [1.807, 2.05) is 12.1 Å². The first kappa shape index (κ1) is 13.1. The first-order valence-corrected chi connectivity index (χ1v) is 7.32. The second kappa shape index (κ2) is 5.26. The second-order valence-corrected chi connectivity index (χ2v) is 5.99. The van der Waals surface area contributed by atoms with Gasteiger partial charge in [-0.25, -0.2) is 9.97 Å². The van der Waals surface area contributed by atoms with Crippen molar-refractivity contribution in [3.63, 3.8) is 0 Å². The number of halogens is 1. The molecule has 100 valence electrons. The molecule has 0 bridgehead atoms. The molecule has 2 heterocycles. The third-order valence-corrected chi connectivity index (χ3v) is 3.92. The van der Waals surface area contributed by atoms with Crippen molar-refractivity contribution >= 4 is 44.3 Å². The van der Waals surface area contributed by atoms with Crippen molar-refractivity contribution in [3.8, 4) is 0 Å². The molecule has 20 heavy (non-hydrogen) atoms. The Morgan fingerprint density at radius 3 is 2.85 bits per heavy atom.